The fraction of sp³-hybridized carbons (Fsp3) is 0.381. The van der Waals surface area contributed by atoms with Gasteiger partial charge in [-0.1, -0.05) is 19.3 Å². The number of nitrogens with zero attached hydrogens (tertiary/aromatic N) is 1. The Bertz CT molecular complexity index is 805. The average molecular weight is 383 g/mol. The van der Waals surface area contributed by atoms with Gasteiger partial charge in [0.25, 0.3) is 5.91 Å². The maximum Gasteiger partial charge on any atom is 0.257 e. The molecule has 2 amide bonds. The van der Waals surface area contributed by atoms with Crippen LogP contribution in [0.3, 0.4) is 0 Å². The maximum atomic E-state index is 12.3. The van der Waals surface area contributed by atoms with E-state index in [1.807, 2.05) is 0 Å². The second-order valence-electron chi connectivity index (χ2n) is 6.73. The summed E-state index contributed by atoms with van der Waals surface area (Å²) >= 11 is 0. The molecule has 2 aromatic rings. The number of methoxy groups -OCH3 is 1. The van der Waals surface area contributed by atoms with Gasteiger partial charge in [-0.05, 0) is 37.1 Å². The number of anilines is 2. The predicted octanol–water partition coefficient (Wildman–Crippen LogP) is 3.63. The quantitative estimate of drug-likeness (QED) is 0.762. The number of rotatable bonds is 7. The minimum atomic E-state index is -0.288. The van der Waals surface area contributed by atoms with Crippen LogP contribution < -0.4 is 15.4 Å². The first kappa shape index (κ1) is 19.8. The van der Waals surface area contributed by atoms with Crippen LogP contribution in [-0.2, 0) is 9.53 Å². The average Bonchev–Trinajstić information content (AvgIpc) is 2.74. The molecule has 0 unspecified atom stereocenters. The van der Waals surface area contributed by atoms with Gasteiger partial charge in [0.1, 0.15) is 12.4 Å². The van der Waals surface area contributed by atoms with Crippen molar-refractivity contribution < 1.29 is 19.1 Å². The van der Waals surface area contributed by atoms with Gasteiger partial charge in [-0.15, -0.1) is 0 Å². The van der Waals surface area contributed by atoms with Crippen LogP contribution in [0.15, 0.2) is 42.7 Å². The number of hydrogen-bond acceptors (Lipinski definition) is 5. The van der Waals surface area contributed by atoms with Gasteiger partial charge < -0.3 is 20.1 Å². The largest absolute Gasteiger partial charge is 0.494 e. The molecule has 148 valence electrons. The normalized spacial score (nSPS) is 14.3. The highest BCUT2D eigenvalue weighted by molar-refractivity contribution is 6.05. The van der Waals surface area contributed by atoms with Gasteiger partial charge in [0.2, 0.25) is 5.91 Å². The van der Waals surface area contributed by atoms with Crippen molar-refractivity contribution in [2.75, 3.05) is 24.4 Å². The highest BCUT2D eigenvalue weighted by Gasteiger charge is 2.16. The van der Waals surface area contributed by atoms with Gasteiger partial charge in [-0.25, -0.2) is 0 Å². The van der Waals surface area contributed by atoms with E-state index in [0.29, 0.717) is 22.7 Å². The molecule has 0 radical (unpaired) electrons. The Kier molecular flexibility index (Phi) is 6.97. The van der Waals surface area contributed by atoms with Crippen molar-refractivity contribution in [3.63, 3.8) is 0 Å². The Morgan fingerprint density at radius 3 is 2.68 bits per heavy atom. The smallest absolute Gasteiger partial charge is 0.257 e. The van der Waals surface area contributed by atoms with Crippen molar-refractivity contribution in [2.24, 2.45) is 0 Å². The van der Waals surface area contributed by atoms with Crippen molar-refractivity contribution in [2.45, 2.75) is 38.2 Å². The third-order valence-electron chi connectivity index (χ3n) is 4.66. The van der Waals surface area contributed by atoms with Gasteiger partial charge in [-0.2, -0.15) is 0 Å². The number of amides is 2. The molecule has 1 saturated carbocycles. The summed E-state index contributed by atoms with van der Waals surface area (Å²) in [4.78, 5) is 28.4. The molecule has 0 atom stereocenters. The fourth-order valence-electron chi connectivity index (χ4n) is 3.19. The van der Waals surface area contributed by atoms with E-state index >= 15 is 0 Å². The van der Waals surface area contributed by atoms with Crippen molar-refractivity contribution in [1.29, 1.82) is 0 Å². The SMILES string of the molecule is COc1cc(NC(=O)COC2CCCCC2)ccc1NC(=O)c1cccnc1. The Labute approximate surface area is 164 Å². The first-order chi connectivity index (χ1) is 13.7. The molecular weight excluding hydrogens is 358 g/mol. The van der Waals surface area contributed by atoms with Crippen LogP contribution in [-0.4, -0.2) is 36.6 Å². The summed E-state index contributed by atoms with van der Waals surface area (Å²) in [5.74, 6) is -0.0490. The zero-order valence-corrected chi connectivity index (χ0v) is 15.9. The zero-order chi connectivity index (χ0) is 19.8. The molecule has 0 aliphatic heterocycles. The zero-order valence-electron chi connectivity index (χ0n) is 15.9. The first-order valence-electron chi connectivity index (χ1n) is 9.46. The standard InChI is InChI=1S/C21H25N3O4/c1-27-19-12-16(23-20(25)14-28-17-7-3-2-4-8-17)9-10-18(19)24-21(26)15-6-5-11-22-13-15/h5-6,9-13,17H,2-4,7-8,14H2,1H3,(H,23,25)(H,24,26). The molecule has 0 saturated heterocycles. The van der Waals surface area contributed by atoms with Gasteiger partial charge >= 0.3 is 0 Å². The van der Waals surface area contributed by atoms with Crippen molar-refractivity contribution >= 4 is 23.2 Å². The lowest BCUT2D eigenvalue weighted by molar-refractivity contribution is -0.123. The van der Waals surface area contributed by atoms with Crippen LogP contribution in [0.1, 0.15) is 42.5 Å². The second kappa shape index (κ2) is 9.85. The molecule has 7 heteroatoms. The van der Waals surface area contributed by atoms with Crippen molar-refractivity contribution in [1.82, 2.24) is 4.98 Å². The van der Waals surface area contributed by atoms with Crippen LogP contribution in [0.5, 0.6) is 5.75 Å². The number of nitrogens with one attached hydrogen (secondary N) is 2. The molecule has 28 heavy (non-hydrogen) atoms. The van der Waals surface area contributed by atoms with Crippen LogP contribution in [0.4, 0.5) is 11.4 Å². The van der Waals surface area contributed by atoms with E-state index in [9.17, 15) is 9.59 Å². The molecule has 1 heterocycles. The van der Waals surface area contributed by atoms with Crippen LogP contribution in [0.25, 0.3) is 0 Å². The highest BCUT2D eigenvalue weighted by atomic mass is 16.5. The van der Waals surface area contributed by atoms with Gasteiger partial charge in [0.05, 0.1) is 24.5 Å². The van der Waals surface area contributed by atoms with E-state index in [1.165, 1.54) is 19.7 Å². The van der Waals surface area contributed by atoms with Crippen LogP contribution >= 0.6 is 0 Å². The minimum absolute atomic E-state index is 0.0342. The maximum absolute atomic E-state index is 12.3. The van der Waals surface area contributed by atoms with Crippen LogP contribution in [0, 0.1) is 0 Å². The number of carbonyl (C=O) groups is 2. The fourth-order valence-corrected chi connectivity index (χ4v) is 3.19. The first-order valence-corrected chi connectivity index (χ1v) is 9.46. The van der Waals surface area contributed by atoms with E-state index in [0.717, 1.165) is 25.7 Å². The number of ether oxygens (including phenoxy) is 2. The minimum Gasteiger partial charge on any atom is -0.494 e. The summed E-state index contributed by atoms with van der Waals surface area (Å²) < 4.78 is 11.0. The van der Waals surface area contributed by atoms with Crippen molar-refractivity contribution in [3.05, 3.63) is 48.3 Å². The van der Waals surface area contributed by atoms with Crippen molar-refractivity contribution in [3.8, 4) is 5.75 Å². The molecule has 0 bridgehead atoms. The molecule has 7 nitrogen and oxygen atoms in total. The summed E-state index contributed by atoms with van der Waals surface area (Å²) in [5, 5.41) is 5.59. The van der Waals surface area contributed by atoms with E-state index in [2.05, 4.69) is 15.6 Å². The Morgan fingerprint density at radius 1 is 1.14 bits per heavy atom. The highest BCUT2D eigenvalue weighted by Crippen LogP contribution is 2.28. The topological polar surface area (TPSA) is 89.5 Å². The van der Waals surface area contributed by atoms with Gasteiger partial charge in [0, 0.05) is 24.1 Å². The molecule has 3 rings (SSSR count). The molecule has 2 N–H and O–H groups in total. The van der Waals surface area contributed by atoms with E-state index in [-0.39, 0.29) is 24.5 Å². The summed E-state index contributed by atoms with van der Waals surface area (Å²) in [7, 11) is 1.51. The molecule has 1 fully saturated rings. The summed E-state index contributed by atoms with van der Waals surface area (Å²) in [6, 6.07) is 8.43. The third-order valence-corrected chi connectivity index (χ3v) is 4.66. The number of aromatic nitrogens is 1. The van der Waals surface area contributed by atoms with E-state index < -0.39 is 0 Å². The summed E-state index contributed by atoms with van der Waals surface area (Å²) in [6.07, 6.45) is 8.88. The Hall–Kier alpha value is -2.93. The Balaban J connectivity index is 1.57. The second-order valence-corrected chi connectivity index (χ2v) is 6.73. The Morgan fingerprint density at radius 2 is 1.96 bits per heavy atom. The number of benzene rings is 1. The molecule has 1 aliphatic carbocycles. The third kappa shape index (κ3) is 5.53. The van der Waals surface area contributed by atoms with E-state index in [4.69, 9.17) is 9.47 Å². The lowest BCUT2D eigenvalue weighted by Gasteiger charge is -2.21. The molecule has 1 aromatic carbocycles. The predicted molar refractivity (Wildman–Crippen MR) is 107 cm³/mol. The lowest BCUT2D eigenvalue weighted by atomic mass is 9.98. The molecule has 1 aromatic heterocycles. The number of hydrogen-bond donors (Lipinski definition) is 2. The molecule has 0 spiro atoms. The van der Waals surface area contributed by atoms with Gasteiger partial charge in [-0.3, -0.25) is 14.6 Å². The van der Waals surface area contributed by atoms with Gasteiger partial charge in [0.15, 0.2) is 0 Å². The monoisotopic (exact) mass is 383 g/mol. The molecular formula is C21H25N3O4. The summed E-state index contributed by atoms with van der Waals surface area (Å²) in [5.41, 5.74) is 1.53. The lowest BCUT2D eigenvalue weighted by Crippen LogP contribution is -2.24. The summed E-state index contributed by atoms with van der Waals surface area (Å²) in [6.45, 7) is 0.0342. The molecule has 1 aliphatic rings. The van der Waals surface area contributed by atoms with E-state index in [1.54, 1.807) is 36.5 Å². The number of pyridine rings is 1. The van der Waals surface area contributed by atoms with Crippen LogP contribution in [0.2, 0.25) is 0 Å². The number of carbonyl (C=O) groups excluding carboxylic acids is 2.